The summed E-state index contributed by atoms with van der Waals surface area (Å²) in [6, 6.07) is 11.5. The average molecular weight is 395 g/mol. The molecule has 144 valence electrons. The summed E-state index contributed by atoms with van der Waals surface area (Å²) in [6.45, 7) is 7.04. The Morgan fingerprint density at radius 3 is 2.29 bits per heavy atom. The second kappa shape index (κ2) is 8.22. The van der Waals surface area contributed by atoms with Gasteiger partial charge in [0.15, 0.2) is 5.13 Å². The van der Waals surface area contributed by atoms with Crippen LogP contribution in [0.4, 0.5) is 22.2 Å². The van der Waals surface area contributed by atoms with Gasteiger partial charge in [-0.05, 0) is 55.3 Å². The van der Waals surface area contributed by atoms with Crippen LogP contribution in [0, 0.1) is 13.8 Å². The minimum atomic E-state index is -0.190. The van der Waals surface area contributed by atoms with E-state index in [2.05, 4.69) is 46.9 Å². The van der Waals surface area contributed by atoms with Gasteiger partial charge in [0.2, 0.25) is 11.8 Å². The maximum atomic E-state index is 11.6. The fourth-order valence-corrected chi connectivity index (χ4v) is 3.47. The third-order valence-electron chi connectivity index (χ3n) is 4.19. The molecule has 0 bridgehead atoms. The highest BCUT2D eigenvalue weighted by Gasteiger charge is 2.12. The Kier molecular flexibility index (Phi) is 5.75. The fraction of sp³-hybridized carbons (Fsp3) is 0.190. The quantitative estimate of drug-likeness (QED) is 0.563. The average Bonchev–Trinajstić information content (AvgIpc) is 3.05. The van der Waals surface area contributed by atoms with Gasteiger partial charge in [-0.2, -0.15) is 0 Å². The van der Waals surface area contributed by atoms with Crippen molar-refractivity contribution in [2.24, 2.45) is 0 Å². The monoisotopic (exact) mass is 394 g/mol. The molecule has 1 heterocycles. The van der Waals surface area contributed by atoms with Crippen LogP contribution in [0.5, 0.6) is 0 Å². The molecule has 0 aliphatic rings. The second-order valence-electron chi connectivity index (χ2n) is 6.58. The molecule has 6 nitrogen and oxygen atoms in total. The van der Waals surface area contributed by atoms with Crippen molar-refractivity contribution in [3.05, 3.63) is 52.9 Å². The largest absolute Gasteiger partial charge is 0.332 e. The third-order valence-corrected chi connectivity index (χ3v) is 4.95. The molecule has 3 rings (SSSR count). The predicted molar refractivity (Wildman–Crippen MR) is 115 cm³/mol. The number of benzene rings is 2. The topological polar surface area (TPSA) is 83.1 Å². The van der Waals surface area contributed by atoms with Crippen LogP contribution < -0.4 is 16.0 Å². The molecule has 0 aliphatic carbocycles. The summed E-state index contributed by atoms with van der Waals surface area (Å²) in [5, 5.41) is 11.6. The zero-order valence-corrected chi connectivity index (χ0v) is 17.0. The maximum Gasteiger partial charge on any atom is 0.221 e. The normalized spacial score (nSPS) is 10.4. The molecule has 0 spiro atoms. The zero-order chi connectivity index (χ0) is 20.3. The van der Waals surface area contributed by atoms with Crippen molar-refractivity contribution in [2.45, 2.75) is 27.7 Å². The van der Waals surface area contributed by atoms with E-state index >= 15 is 0 Å². The summed E-state index contributed by atoms with van der Waals surface area (Å²) in [5.74, 6) is -0.361. The van der Waals surface area contributed by atoms with Gasteiger partial charge in [-0.3, -0.25) is 9.59 Å². The van der Waals surface area contributed by atoms with E-state index in [4.69, 9.17) is 0 Å². The molecular formula is C21H22N4O2S. The molecule has 2 aromatic carbocycles. The SMILES string of the molecule is CC(=O)Nc1ccc(-c2csc(Nc3ccc(C)c(C)c3)n2)c(NC(C)=O)c1. The number of anilines is 4. The first kappa shape index (κ1) is 19.6. The summed E-state index contributed by atoms with van der Waals surface area (Å²) in [6.07, 6.45) is 0. The van der Waals surface area contributed by atoms with E-state index in [1.165, 1.54) is 36.3 Å². The minimum absolute atomic E-state index is 0.171. The number of carbonyl (C=O) groups excluding carboxylic acids is 2. The van der Waals surface area contributed by atoms with Gasteiger partial charge in [0.1, 0.15) is 0 Å². The Morgan fingerprint density at radius 2 is 1.61 bits per heavy atom. The summed E-state index contributed by atoms with van der Waals surface area (Å²) < 4.78 is 0. The van der Waals surface area contributed by atoms with Crippen LogP contribution in [0.15, 0.2) is 41.8 Å². The summed E-state index contributed by atoms with van der Waals surface area (Å²) in [7, 11) is 0. The lowest BCUT2D eigenvalue weighted by Gasteiger charge is -2.11. The van der Waals surface area contributed by atoms with Crippen LogP contribution in [0.2, 0.25) is 0 Å². The molecular weight excluding hydrogens is 372 g/mol. The van der Waals surface area contributed by atoms with Crippen LogP contribution >= 0.6 is 11.3 Å². The number of aromatic nitrogens is 1. The van der Waals surface area contributed by atoms with Crippen molar-refractivity contribution in [3.8, 4) is 11.3 Å². The first-order valence-corrected chi connectivity index (χ1v) is 9.69. The first-order chi connectivity index (χ1) is 13.3. The van der Waals surface area contributed by atoms with Gasteiger partial charge in [0, 0.05) is 36.2 Å². The number of carbonyl (C=O) groups is 2. The van der Waals surface area contributed by atoms with E-state index in [-0.39, 0.29) is 11.8 Å². The van der Waals surface area contributed by atoms with Crippen molar-refractivity contribution in [2.75, 3.05) is 16.0 Å². The summed E-state index contributed by atoms with van der Waals surface area (Å²) in [5.41, 5.74) is 6.17. The van der Waals surface area contributed by atoms with Crippen LogP contribution in [-0.2, 0) is 9.59 Å². The van der Waals surface area contributed by atoms with E-state index in [0.717, 1.165) is 22.1 Å². The number of hydrogen-bond acceptors (Lipinski definition) is 5. The third kappa shape index (κ3) is 4.75. The standard InChI is InChI=1S/C21H22N4O2S/c1-12-5-6-16(9-13(12)2)24-21-25-20(11-28-21)18-8-7-17(22-14(3)26)10-19(18)23-15(4)27/h5-11H,1-4H3,(H,22,26)(H,23,27)(H,24,25). The Balaban J connectivity index is 1.89. The molecule has 1 aromatic heterocycles. The molecule has 0 unspecified atom stereocenters. The van der Waals surface area contributed by atoms with Crippen molar-refractivity contribution in [1.82, 2.24) is 4.98 Å². The van der Waals surface area contributed by atoms with Gasteiger partial charge < -0.3 is 16.0 Å². The number of nitrogens with zero attached hydrogens (tertiary/aromatic N) is 1. The van der Waals surface area contributed by atoms with E-state index in [1.54, 1.807) is 12.1 Å². The van der Waals surface area contributed by atoms with E-state index in [1.807, 2.05) is 17.5 Å². The summed E-state index contributed by atoms with van der Waals surface area (Å²) >= 11 is 1.49. The summed E-state index contributed by atoms with van der Waals surface area (Å²) in [4.78, 5) is 27.6. The molecule has 0 saturated carbocycles. The molecule has 2 amide bonds. The number of amides is 2. The van der Waals surface area contributed by atoms with E-state index in [9.17, 15) is 9.59 Å². The Morgan fingerprint density at radius 1 is 0.893 bits per heavy atom. The molecule has 28 heavy (non-hydrogen) atoms. The van der Waals surface area contributed by atoms with Crippen LogP contribution in [0.3, 0.4) is 0 Å². The number of aryl methyl sites for hydroxylation is 2. The molecule has 0 fully saturated rings. The molecule has 0 aliphatic heterocycles. The van der Waals surface area contributed by atoms with E-state index < -0.39 is 0 Å². The second-order valence-corrected chi connectivity index (χ2v) is 7.44. The molecule has 3 N–H and O–H groups in total. The molecule has 3 aromatic rings. The molecule has 0 radical (unpaired) electrons. The van der Waals surface area contributed by atoms with Gasteiger partial charge in [-0.15, -0.1) is 11.3 Å². The van der Waals surface area contributed by atoms with Crippen molar-refractivity contribution < 1.29 is 9.59 Å². The number of rotatable bonds is 5. The lowest BCUT2D eigenvalue weighted by Crippen LogP contribution is -2.09. The Labute approximate surface area is 168 Å². The smallest absolute Gasteiger partial charge is 0.221 e. The highest BCUT2D eigenvalue weighted by Crippen LogP contribution is 2.34. The van der Waals surface area contributed by atoms with Gasteiger partial charge in [0.25, 0.3) is 0 Å². The van der Waals surface area contributed by atoms with Crippen molar-refractivity contribution in [1.29, 1.82) is 0 Å². The van der Waals surface area contributed by atoms with E-state index in [0.29, 0.717) is 11.4 Å². The maximum absolute atomic E-state index is 11.6. The Hall–Kier alpha value is -3.19. The molecule has 0 saturated heterocycles. The van der Waals surface area contributed by atoms with Crippen LogP contribution in [0.25, 0.3) is 11.3 Å². The van der Waals surface area contributed by atoms with Gasteiger partial charge in [-0.25, -0.2) is 4.98 Å². The van der Waals surface area contributed by atoms with Gasteiger partial charge in [0.05, 0.1) is 11.4 Å². The van der Waals surface area contributed by atoms with Gasteiger partial charge in [-0.1, -0.05) is 6.07 Å². The highest BCUT2D eigenvalue weighted by molar-refractivity contribution is 7.14. The Bertz CT molecular complexity index is 1040. The number of thiazole rings is 1. The van der Waals surface area contributed by atoms with Crippen molar-refractivity contribution >= 4 is 45.3 Å². The minimum Gasteiger partial charge on any atom is -0.332 e. The number of nitrogens with one attached hydrogen (secondary N) is 3. The highest BCUT2D eigenvalue weighted by atomic mass is 32.1. The van der Waals surface area contributed by atoms with Gasteiger partial charge >= 0.3 is 0 Å². The first-order valence-electron chi connectivity index (χ1n) is 8.81. The molecule has 0 atom stereocenters. The predicted octanol–water partition coefficient (Wildman–Crippen LogP) is 5.09. The lowest BCUT2D eigenvalue weighted by molar-refractivity contribution is -0.115. The molecule has 7 heteroatoms. The lowest BCUT2D eigenvalue weighted by atomic mass is 10.1. The fourth-order valence-electron chi connectivity index (χ4n) is 2.74. The zero-order valence-electron chi connectivity index (χ0n) is 16.2. The van der Waals surface area contributed by atoms with Crippen LogP contribution in [0.1, 0.15) is 25.0 Å². The van der Waals surface area contributed by atoms with Crippen molar-refractivity contribution in [3.63, 3.8) is 0 Å². The number of hydrogen-bond donors (Lipinski definition) is 3. The van der Waals surface area contributed by atoms with Crippen LogP contribution in [-0.4, -0.2) is 16.8 Å².